The molecule has 0 bridgehead atoms. The predicted octanol–water partition coefficient (Wildman–Crippen LogP) is 3.37. The Kier molecular flexibility index (Phi) is 3.49. The van der Waals surface area contributed by atoms with Crippen molar-refractivity contribution in [2.75, 3.05) is 0 Å². The van der Waals surface area contributed by atoms with E-state index in [1.165, 1.54) is 30.3 Å². The van der Waals surface area contributed by atoms with Gasteiger partial charge < -0.3 is 9.15 Å². The highest BCUT2D eigenvalue weighted by Crippen LogP contribution is 2.33. The molecule has 0 saturated carbocycles. The fourth-order valence-electron chi connectivity index (χ4n) is 2.05. The van der Waals surface area contributed by atoms with Crippen molar-refractivity contribution in [1.82, 2.24) is 0 Å². The molecule has 112 valence electrons. The second-order valence-electron chi connectivity index (χ2n) is 4.61. The van der Waals surface area contributed by atoms with Crippen LogP contribution in [-0.2, 0) is 0 Å². The van der Waals surface area contributed by atoms with Crippen molar-refractivity contribution in [3.05, 3.63) is 74.6 Å². The van der Waals surface area contributed by atoms with Gasteiger partial charge in [0.05, 0.1) is 16.6 Å². The molecule has 7 heteroatoms. The third-order valence-electron chi connectivity index (χ3n) is 3.11. The fourth-order valence-corrected chi connectivity index (χ4v) is 2.05. The molecule has 0 aliphatic carbocycles. The number of hydrogen-bond acceptors (Lipinski definition) is 6. The summed E-state index contributed by atoms with van der Waals surface area (Å²) in [6.07, 6.45) is 0. The molecule has 3 aromatic rings. The van der Waals surface area contributed by atoms with Gasteiger partial charge in [-0.25, -0.2) is 4.79 Å². The first-order chi connectivity index (χ1) is 11.1. The average Bonchev–Trinajstić information content (AvgIpc) is 2.54. The van der Waals surface area contributed by atoms with Crippen LogP contribution < -0.4 is 10.4 Å². The largest absolute Gasteiger partial charge is 0.450 e. The number of hydrogen-bond donors (Lipinski definition) is 0. The summed E-state index contributed by atoms with van der Waals surface area (Å²) < 4.78 is 10.5. The Labute approximate surface area is 129 Å². The zero-order valence-corrected chi connectivity index (χ0v) is 11.6. The smallest absolute Gasteiger partial charge is 0.336 e. The van der Waals surface area contributed by atoms with Gasteiger partial charge in [-0.2, -0.15) is 5.26 Å². The lowest BCUT2D eigenvalue weighted by Gasteiger charge is -2.07. The van der Waals surface area contributed by atoms with E-state index < -0.39 is 10.5 Å². The highest BCUT2D eigenvalue weighted by atomic mass is 16.6. The van der Waals surface area contributed by atoms with Crippen LogP contribution in [0.2, 0.25) is 0 Å². The number of benzene rings is 2. The lowest BCUT2D eigenvalue weighted by Crippen LogP contribution is -1.96. The van der Waals surface area contributed by atoms with Crippen LogP contribution in [0, 0.1) is 21.4 Å². The standard InChI is InChI=1S/C16H8N2O5/c17-9-10-1-5-13(18(20)21)15(7-10)22-12-4-2-11-3-6-16(19)23-14(11)8-12/h1-8H. The Morgan fingerprint density at radius 1 is 1.13 bits per heavy atom. The monoisotopic (exact) mass is 308 g/mol. The van der Waals surface area contributed by atoms with Crippen molar-refractivity contribution in [1.29, 1.82) is 5.26 Å². The van der Waals surface area contributed by atoms with Gasteiger partial charge in [0.1, 0.15) is 11.3 Å². The van der Waals surface area contributed by atoms with Gasteiger partial charge in [0.2, 0.25) is 5.75 Å². The molecule has 0 spiro atoms. The fraction of sp³-hybridized carbons (Fsp3) is 0. The highest BCUT2D eigenvalue weighted by Gasteiger charge is 2.17. The maximum Gasteiger partial charge on any atom is 0.336 e. The van der Waals surface area contributed by atoms with E-state index >= 15 is 0 Å². The minimum absolute atomic E-state index is 0.0633. The molecule has 23 heavy (non-hydrogen) atoms. The first-order valence-corrected chi connectivity index (χ1v) is 6.47. The molecule has 0 unspecified atom stereocenters. The Morgan fingerprint density at radius 2 is 1.91 bits per heavy atom. The Bertz CT molecular complexity index is 1020. The molecular formula is C16H8N2O5. The minimum Gasteiger partial charge on any atom is -0.450 e. The molecule has 7 nitrogen and oxygen atoms in total. The van der Waals surface area contributed by atoms with Crippen molar-refractivity contribution < 1.29 is 14.1 Å². The summed E-state index contributed by atoms with van der Waals surface area (Å²) in [4.78, 5) is 21.7. The first-order valence-electron chi connectivity index (χ1n) is 6.47. The summed E-state index contributed by atoms with van der Waals surface area (Å²) in [6.45, 7) is 0. The van der Waals surface area contributed by atoms with Crippen molar-refractivity contribution in [3.63, 3.8) is 0 Å². The van der Waals surface area contributed by atoms with E-state index in [2.05, 4.69) is 0 Å². The van der Waals surface area contributed by atoms with Gasteiger partial charge >= 0.3 is 11.3 Å². The number of nitro groups is 1. The molecule has 1 aromatic heterocycles. The van der Waals surface area contributed by atoms with Gasteiger partial charge in [-0.05, 0) is 24.3 Å². The van der Waals surface area contributed by atoms with Gasteiger partial charge in [0.15, 0.2) is 0 Å². The van der Waals surface area contributed by atoms with E-state index in [1.54, 1.807) is 18.2 Å². The molecule has 0 saturated heterocycles. The number of nitriles is 1. The maximum atomic E-state index is 11.2. The third-order valence-corrected chi connectivity index (χ3v) is 3.11. The topological polar surface area (TPSA) is 106 Å². The van der Waals surface area contributed by atoms with Gasteiger partial charge in [-0.3, -0.25) is 10.1 Å². The molecule has 0 aliphatic rings. The van der Waals surface area contributed by atoms with Gasteiger partial charge in [0.25, 0.3) is 0 Å². The molecular weight excluding hydrogens is 300 g/mol. The number of nitro benzene ring substituents is 1. The van der Waals surface area contributed by atoms with Crippen molar-refractivity contribution >= 4 is 16.7 Å². The van der Waals surface area contributed by atoms with Crippen LogP contribution in [0.1, 0.15) is 5.56 Å². The average molecular weight is 308 g/mol. The lowest BCUT2D eigenvalue weighted by molar-refractivity contribution is -0.385. The van der Waals surface area contributed by atoms with Crippen molar-refractivity contribution in [3.8, 4) is 17.6 Å². The second-order valence-corrected chi connectivity index (χ2v) is 4.61. The maximum absolute atomic E-state index is 11.2. The summed E-state index contributed by atoms with van der Waals surface area (Å²) in [5.41, 5.74) is -0.238. The summed E-state index contributed by atoms with van der Waals surface area (Å²) in [5, 5.41) is 20.6. The molecule has 2 aromatic carbocycles. The number of fused-ring (bicyclic) bond motifs is 1. The van der Waals surface area contributed by atoms with Gasteiger partial charge in [0, 0.05) is 29.7 Å². The molecule has 0 fully saturated rings. The van der Waals surface area contributed by atoms with E-state index in [0.717, 1.165) is 0 Å². The van der Waals surface area contributed by atoms with Crippen molar-refractivity contribution in [2.24, 2.45) is 0 Å². The Balaban J connectivity index is 2.06. The molecule has 0 N–H and O–H groups in total. The number of rotatable bonds is 3. The van der Waals surface area contributed by atoms with Crippen LogP contribution in [0.3, 0.4) is 0 Å². The number of ether oxygens (including phenoxy) is 1. The highest BCUT2D eigenvalue weighted by molar-refractivity contribution is 5.77. The molecule has 0 amide bonds. The molecule has 0 radical (unpaired) electrons. The molecule has 0 aliphatic heterocycles. The van der Waals surface area contributed by atoms with Crippen LogP contribution in [0.5, 0.6) is 11.5 Å². The lowest BCUT2D eigenvalue weighted by atomic mass is 10.2. The summed E-state index contributed by atoms with van der Waals surface area (Å²) in [6, 6.07) is 13.3. The van der Waals surface area contributed by atoms with E-state index in [0.29, 0.717) is 11.0 Å². The quantitative estimate of drug-likeness (QED) is 0.417. The molecule has 1 heterocycles. The Hall–Kier alpha value is -3.66. The summed E-state index contributed by atoms with van der Waals surface area (Å²) in [7, 11) is 0. The normalized spacial score (nSPS) is 10.2. The number of nitrogens with zero attached hydrogens (tertiary/aromatic N) is 2. The Morgan fingerprint density at radius 3 is 2.65 bits per heavy atom. The van der Waals surface area contributed by atoms with Crippen LogP contribution in [-0.4, -0.2) is 4.92 Å². The zero-order valence-electron chi connectivity index (χ0n) is 11.6. The van der Waals surface area contributed by atoms with E-state index in [9.17, 15) is 14.9 Å². The predicted molar refractivity (Wildman–Crippen MR) is 80.4 cm³/mol. The summed E-state index contributed by atoms with van der Waals surface area (Å²) in [5.74, 6) is 0.191. The van der Waals surface area contributed by atoms with Gasteiger partial charge in [-0.1, -0.05) is 0 Å². The summed E-state index contributed by atoms with van der Waals surface area (Å²) >= 11 is 0. The van der Waals surface area contributed by atoms with Crippen LogP contribution >= 0.6 is 0 Å². The second kappa shape index (κ2) is 5.61. The van der Waals surface area contributed by atoms with E-state index in [1.807, 2.05) is 6.07 Å². The van der Waals surface area contributed by atoms with E-state index in [4.69, 9.17) is 14.4 Å². The van der Waals surface area contributed by atoms with Crippen LogP contribution in [0.15, 0.2) is 57.7 Å². The first kappa shape index (κ1) is 14.3. The van der Waals surface area contributed by atoms with Gasteiger partial charge in [-0.15, -0.1) is 0 Å². The third kappa shape index (κ3) is 2.87. The van der Waals surface area contributed by atoms with Crippen LogP contribution in [0.4, 0.5) is 5.69 Å². The SMILES string of the molecule is N#Cc1ccc([N+](=O)[O-])c(Oc2ccc3ccc(=O)oc3c2)c1. The minimum atomic E-state index is -0.600. The van der Waals surface area contributed by atoms with Crippen LogP contribution in [0.25, 0.3) is 11.0 Å². The zero-order chi connectivity index (χ0) is 16.4. The van der Waals surface area contributed by atoms with E-state index in [-0.39, 0.29) is 22.7 Å². The molecule has 0 atom stereocenters. The van der Waals surface area contributed by atoms with Crippen molar-refractivity contribution in [2.45, 2.75) is 0 Å². The molecule has 3 rings (SSSR count).